The van der Waals surface area contributed by atoms with Crippen LogP contribution in [0, 0.1) is 12.3 Å². The lowest BCUT2D eigenvalue weighted by Crippen LogP contribution is -1.79. The van der Waals surface area contributed by atoms with Gasteiger partial charge < -0.3 is 5.41 Å². The summed E-state index contributed by atoms with van der Waals surface area (Å²) in [6, 6.07) is 16.4. The first-order chi connectivity index (χ1) is 8.28. The lowest BCUT2D eigenvalue weighted by Gasteiger charge is -1.96. The minimum absolute atomic E-state index is 0.928. The molecule has 1 nitrogen and oxygen atoms in total. The number of rotatable bonds is 3. The highest BCUT2D eigenvalue weighted by molar-refractivity contribution is 5.78. The number of nitrogens with one attached hydrogen (secondary N) is 1. The first-order valence-corrected chi connectivity index (χ1v) is 5.63. The lowest BCUT2D eigenvalue weighted by atomic mass is 10.1. The van der Waals surface area contributed by atoms with Gasteiger partial charge >= 0.3 is 0 Å². The first kappa shape index (κ1) is 11.3. The van der Waals surface area contributed by atoms with Crippen LogP contribution in [0.5, 0.6) is 0 Å². The predicted octanol–water partition coefficient (Wildman–Crippen LogP) is 4.16. The van der Waals surface area contributed by atoms with Gasteiger partial charge in [-0.25, -0.2) is 0 Å². The molecule has 0 aromatic heterocycles. The molecule has 0 saturated carbocycles. The van der Waals surface area contributed by atoms with Crippen molar-refractivity contribution in [2.75, 3.05) is 0 Å². The van der Waals surface area contributed by atoms with Crippen molar-refractivity contribution in [3.8, 4) is 0 Å². The minimum atomic E-state index is 0.928. The number of aryl methyl sites for hydroxylation is 1. The number of benzene rings is 2. The van der Waals surface area contributed by atoms with Crippen LogP contribution in [0.4, 0.5) is 0 Å². The Balaban J connectivity index is 2.14. The Kier molecular flexibility index (Phi) is 3.51. The Morgan fingerprint density at radius 1 is 0.706 bits per heavy atom. The Labute approximate surface area is 102 Å². The summed E-state index contributed by atoms with van der Waals surface area (Å²) >= 11 is 0. The minimum Gasteiger partial charge on any atom is -0.308 e. The summed E-state index contributed by atoms with van der Waals surface area (Å²) in [5.41, 5.74) is 4.55. The zero-order chi connectivity index (χ0) is 12.1. The maximum atomic E-state index is 7.13. The van der Waals surface area contributed by atoms with Crippen LogP contribution in [-0.4, -0.2) is 6.21 Å². The van der Waals surface area contributed by atoms with Gasteiger partial charge in [-0.1, -0.05) is 66.2 Å². The van der Waals surface area contributed by atoms with E-state index < -0.39 is 0 Å². The van der Waals surface area contributed by atoms with E-state index in [1.807, 2.05) is 24.3 Å². The van der Waals surface area contributed by atoms with Gasteiger partial charge in [0.25, 0.3) is 0 Å². The second-order valence-electron chi connectivity index (χ2n) is 4.06. The summed E-state index contributed by atoms with van der Waals surface area (Å²) in [7, 11) is 0. The molecule has 2 aromatic carbocycles. The van der Waals surface area contributed by atoms with Crippen LogP contribution in [0.1, 0.15) is 22.3 Å². The van der Waals surface area contributed by atoms with Crippen LogP contribution in [0.3, 0.4) is 0 Å². The van der Waals surface area contributed by atoms with Gasteiger partial charge in [-0.3, -0.25) is 0 Å². The molecule has 0 fully saturated rings. The molecule has 0 heterocycles. The molecule has 0 saturated heterocycles. The second-order valence-corrected chi connectivity index (χ2v) is 4.06. The van der Waals surface area contributed by atoms with E-state index >= 15 is 0 Å². The van der Waals surface area contributed by atoms with E-state index in [1.54, 1.807) is 0 Å². The Morgan fingerprint density at radius 2 is 1.12 bits per heavy atom. The van der Waals surface area contributed by atoms with Crippen molar-refractivity contribution < 1.29 is 0 Å². The smallest absolute Gasteiger partial charge is 0.0250 e. The van der Waals surface area contributed by atoms with E-state index in [4.69, 9.17) is 5.41 Å². The topological polar surface area (TPSA) is 23.9 Å². The van der Waals surface area contributed by atoms with Gasteiger partial charge in [-0.15, -0.1) is 0 Å². The first-order valence-electron chi connectivity index (χ1n) is 5.63. The van der Waals surface area contributed by atoms with Crippen molar-refractivity contribution in [2.45, 2.75) is 6.92 Å². The highest BCUT2D eigenvalue weighted by Crippen LogP contribution is 2.10. The van der Waals surface area contributed by atoms with Crippen LogP contribution >= 0.6 is 0 Å². The molecule has 17 heavy (non-hydrogen) atoms. The van der Waals surface area contributed by atoms with E-state index in [0.29, 0.717) is 0 Å². The Hall–Kier alpha value is -2.15. The van der Waals surface area contributed by atoms with Crippen molar-refractivity contribution in [2.24, 2.45) is 0 Å². The van der Waals surface area contributed by atoms with Gasteiger partial charge in [0.1, 0.15) is 0 Å². The van der Waals surface area contributed by atoms with Gasteiger partial charge in [0.2, 0.25) is 0 Å². The molecule has 0 unspecified atom stereocenters. The average molecular weight is 221 g/mol. The summed E-state index contributed by atoms with van der Waals surface area (Å²) in [6.07, 6.45) is 5.53. The summed E-state index contributed by atoms with van der Waals surface area (Å²) in [4.78, 5) is 0. The van der Waals surface area contributed by atoms with Crippen LogP contribution < -0.4 is 0 Å². The molecule has 0 aliphatic heterocycles. The van der Waals surface area contributed by atoms with Crippen molar-refractivity contribution in [3.63, 3.8) is 0 Å². The molecule has 0 spiro atoms. The van der Waals surface area contributed by atoms with E-state index in [-0.39, 0.29) is 0 Å². The van der Waals surface area contributed by atoms with Crippen LogP contribution in [0.2, 0.25) is 0 Å². The van der Waals surface area contributed by atoms with Crippen LogP contribution in [0.15, 0.2) is 48.5 Å². The standard InChI is InChI=1S/C16H15N/c1-13-2-4-14(5-3-13)6-7-15-8-10-16(12-17)11-9-15/h2-12,17H,1H3/b7-6+,17-12?. The molecule has 0 amide bonds. The molecule has 0 bridgehead atoms. The molecule has 0 aliphatic carbocycles. The second kappa shape index (κ2) is 5.26. The zero-order valence-electron chi connectivity index (χ0n) is 9.85. The summed E-state index contributed by atoms with van der Waals surface area (Å²) in [5, 5.41) is 7.13. The Morgan fingerprint density at radius 3 is 1.59 bits per heavy atom. The molecule has 1 heteroatoms. The lowest BCUT2D eigenvalue weighted by molar-refractivity contribution is 1.46. The van der Waals surface area contributed by atoms with E-state index in [9.17, 15) is 0 Å². The molecular weight excluding hydrogens is 206 g/mol. The molecule has 2 aromatic rings. The summed E-state index contributed by atoms with van der Waals surface area (Å²) in [6.45, 7) is 2.09. The van der Waals surface area contributed by atoms with E-state index in [0.717, 1.165) is 11.1 Å². The molecular formula is C16H15N. The van der Waals surface area contributed by atoms with Gasteiger partial charge in [-0.05, 0) is 23.6 Å². The highest BCUT2D eigenvalue weighted by atomic mass is 14.3. The van der Waals surface area contributed by atoms with Crippen molar-refractivity contribution in [3.05, 3.63) is 70.8 Å². The molecule has 1 N–H and O–H groups in total. The van der Waals surface area contributed by atoms with Crippen molar-refractivity contribution in [1.82, 2.24) is 0 Å². The quantitative estimate of drug-likeness (QED) is 0.594. The molecule has 2 rings (SSSR count). The summed E-state index contributed by atoms with van der Waals surface area (Å²) in [5.74, 6) is 0. The third-order valence-electron chi connectivity index (χ3n) is 2.65. The van der Waals surface area contributed by atoms with Crippen LogP contribution in [-0.2, 0) is 0 Å². The highest BCUT2D eigenvalue weighted by Gasteiger charge is 1.89. The van der Waals surface area contributed by atoms with Gasteiger partial charge in [0, 0.05) is 6.21 Å². The fourth-order valence-electron chi connectivity index (χ4n) is 1.57. The van der Waals surface area contributed by atoms with Gasteiger partial charge in [-0.2, -0.15) is 0 Å². The SMILES string of the molecule is Cc1ccc(/C=C/c2ccc(C=N)cc2)cc1. The van der Waals surface area contributed by atoms with Gasteiger partial charge in [0.05, 0.1) is 0 Å². The number of hydrogen-bond donors (Lipinski definition) is 1. The third kappa shape index (κ3) is 3.15. The van der Waals surface area contributed by atoms with Crippen molar-refractivity contribution >= 4 is 18.4 Å². The fraction of sp³-hybridized carbons (Fsp3) is 0.0625. The number of hydrogen-bond acceptors (Lipinski definition) is 1. The third-order valence-corrected chi connectivity index (χ3v) is 2.65. The summed E-state index contributed by atoms with van der Waals surface area (Å²) < 4.78 is 0. The van der Waals surface area contributed by atoms with Crippen molar-refractivity contribution in [1.29, 1.82) is 5.41 Å². The fourth-order valence-corrected chi connectivity index (χ4v) is 1.57. The average Bonchev–Trinajstić information content (AvgIpc) is 2.39. The maximum Gasteiger partial charge on any atom is 0.0250 e. The maximum absolute atomic E-state index is 7.13. The molecule has 84 valence electrons. The zero-order valence-corrected chi connectivity index (χ0v) is 9.85. The molecule has 0 aliphatic rings. The molecule has 0 radical (unpaired) electrons. The monoisotopic (exact) mass is 221 g/mol. The normalized spacial score (nSPS) is 10.6. The van der Waals surface area contributed by atoms with E-state index in [2.05, 4.69) is 43.3 Å². The van der Waals surface area contributed by atoms with E-state index in [1.165, 1.54) is 17.3 Å². The largest absolute Gasteiger partial charge is 0.308 e. The van der Waals surface area contributed by atoms with Crippen LogP contribution in [0.25, 0.3) is 12.2 Å². The Bertz CT molecular complexity index is 518. The van der Waals surface area contributed by atoms with Gasteiger partial charge in [0.15, 0.2) is 0 Å². The predicted molar refractivity (Wildman–Crippen MR) is 74.4 cm³/mol. The molecule has 0 atom stereocenters.